The van der Waals surface area contributed by atoms with Crippen molar-refractivity contribution in [2.24, 2.45) is 10.7 Å². The summed E-state index contributed by atoms with van der Waals surface area (Å²) in [4.78, 5) is 25.7. The van der Waals surface area contributed by atoms with E-state index in [1.165, 1.54) is 11.8 Å². The van der Waals surface area contributed by atoms with Crippen LogP contribution in [0, 0.1) is 13.8 Å². The predicted octanol–water partition coefficient (Wildman–Crippen LogP) is 2.64. The Morgan fingerprint density at radius 1 is 1.32 bits per heavy atom. The van der Waals surface area contributed by atoms with Crippen LogP contribution in [0.15, 0.2) is 29.3 Å². The summed E-state index contributed by atoms with van der Waals surface area (Å²) < 4.78 is 0. The highest BCUT2D eigenvalue weighted by Crippen LogP contribution is 2.28. The molecule has 0 saturated carbocycles. The maximum Gasteiger partial charge on any atom is 0.239 e. The lowest BCUT2D eigenvalue weighted by Gasteiger charge is -2.13. The van der Waals surface area contributed by atoms with Crippen molar-refractivity contribution in [3.8, 4) is 0 Å². The summed E-state index contributed by atoms with van der Waals surface area (Å²) in [5, 5.41) is 10.0. The zero-order chi connectivity index (χ0) is 20.1. The van der Waals surface area contributed by atoms with Gasteiger partial charge in [-0.2, -0.15) is 0 Å². The number of thioether (sulfide) groups is 1. The molecule has 148 valence electrons. The molecule has 1 atom stereocenters. The van der Waals surface area contributed by atoms with Gasteiger partial charge in [-0.15, -0.1) is 0 Å². The molecule has 0 bridgehead atoms. The van der Waals surface area contributed by atoms with Crippen LogP contribution in [0.2, 0.25) is 5.02 Å². The molecule has 1 aromatic carbocycles. The Morgan fingerprint density at radius 3 is 2.86 bits per heavy atom. The number of aliphatic imine (C=N–C) groups is 1. The summed E-state index contributed by atoms with van der Waals surface area (Å²) in [6.45, 7) is 5.22. The normalized spacial score (nSPS) is 15.9. The summed E-state index contributed by atoms with van der Waals surface area (Å²) in [5.41, 5.74) is 7.06. The molecule has 0 aliphatic carbocycles. The van der Waals surface area contributed by atoms with Crippen molar-refractivity contribution in [2.45, 2.75) is 19.1 Å². The van der Waals surface area contributed by atoms with Crippen molar-refractivity contribution >= 4 is 51.8 Å². The molecule has 1 unspecified atom stereocenters. The quantitative estimate of drug-likeness (QED) is 0.568. The zero-order valence-corrected chi connectivity index (χ0v) is 17.2. The standard InChI is InChI=1S/C18H22ClN7OS/c1-10-4-3-5-12(19)16(10)26-17(27)13-9-22-18(28-13)25-15-8-14(21-7-6-20)23-11(2)24-15/h3-5,8,13H,6-7,9,20H2,1-2H3,(H,26,27)(H2,21,22,23,24,25). The van der Waals surface area contributed by atoms with Crippen molar-refractivity contribution in [3.63, 3.8) is 0 Å². The number of nitrogens with two attached hydrogens (primary N) is 1. The highest BCUT2D eigenvalue weighted by molar-refractivity contribution is 8.15. The molecule has 1 aliphatic rings. The topological polar surface area (TPSA) is 117 Å². The molecule has 2 heterocycles. The van der Waals surface area contributed by atoms with E-state index in [4.69, 9.17) is 17.3 Å². The Labute approximate surface area is 172 Å². The van der Waals surface area contributed by atoms with Crippen LogP contribution in [0.5, 0.6) is 0 Å². The van der Waals surface area contributed by atoms with Crippen LogP contribution in [0.1, 0.15) is 11.4 Å². The molecule has 0 fully saturated rings. The van der Waals surface area contributed by atoms with E-state index in [1.807, 2.05) is 26.0 Å². The number of halogens is 1. The van der Waals surface area contributed by atoms with Gasteiger partial charge in [0.2, 0.25) is 5.91 Å². The highest BCUT2D eigenvalue weighted by atomic mass is 35.5. The van der Waals surface area contributed by atoms with Crippen molar-refractivity contribution in [2.75, 3.05) is 35.6 Å². The number of carbonyl (C=O) groups excluding carboxylic acids is 1. The Hall–Kier alpha value is -2.36. The van der Waals surface area contributed by atoms with Gasteiger partial charge in [-0.25, -0.2) is 9.97 Å². The average Bonchev–Trinajstić information content (AvgIpc) is 3.11. The molecule has 10 heteroatoms. The third kappa shape index (κ3) is 5.12. The third-order valence-corrected chi connectivity index (χ3v) is 5.36. The number of hydrogen-bond donors (Lipinski definition) is 4. The van der Waals surface area contributed by atoms with Crippen molar-refractivity contribution < 1.29 is 4.79 Å². The molecule has 28 heavy (non-hydrogen) atoms. The third-order valence-electron chi connectivity index (χ3n) is 3.94. The minimum atomic E-state index is -0.337. The zero-order valence-electron chi connectivity index (χ0n) is 15.6. The summed E-state index contributed by atoms with van der Waals surface area (Å²) >= 11 is 7.55. The maximum absolute atomic E-state index is 12.6. The molecule has 1 aliphatic heterocycles. The van der Waals surface area contributed by atoms with Gasteiger partial charge in [-0.3, -0.25) is 9.79 Å². The van der Waals surface area contributed by atoms with Gasteiger partial charge < -0.3 is 21.7 Å². The Kier molecular flexibility index (Phi) is 6.71. The largest absolute Gasteiger partial charge is 0.369 e. The molecule has 0 spiro atoms. The second kappa shape index (κ2) is 9.22. The first-order valence-corrected chi connectivity index (χ1v) is 10.1. The molecular formula is C18H22ClN7OS. The number of nitrogens with zero attached hydrogens (tertiary/aromatic N) is 3. The second-order valence-electron chi connectivity index (χ2n) is 6.20. The number of anilines is 3. The number of para-hydroxylation sites is 1. The first kappa shape index (κ1) is 20.4. The fourth-order valence-electron chi connectivity index (χ4n) is 2.61. The lowest BCUT2D eigenvalue weighted by atomic mass is 10.2. The lowest BCUT2D eigenvalue weighted by Crippen LogP contribution is -2.26. The van der Waals surface area contributed by atoms with E-state index in [-0.39, 0.29) is 11.2 Å². The Balaban J connectivity index is 1.61. The number of aryl methyl sites for hydroxylation is 2. The number of benzene rings is 1. The van der Waals surface area contributed by atoms with Crippen LogP contribution in [0.3, 0.4) is 0 Å². The van der Waals surface area contributed by atoms with Crippen LogP contribution in [0.25, 0.3) is 0 Å². The van der Waals surface area contributed by atoms with E-state index in [0.717, 1.165) is 5.56 Å². The highest BCUT2D eigenvalue weighted by Gasteiger charge is 2.27. The van der Waals surface area contributed by atoms with E-state index >= 15 is 0 Å². The van der Waals surface area contributed by atoms with Crippen LogP contribution in [-0.2, 0) is 4.79 Å². The monoisotopic (exact) mass is 419 g/mol. The minimum absolute atomic E-state index is 0.133. The second-order valence-corrected chi connectivity index (χ2v) is 7.80. The molecule has 0 saturated heterocycles. The van der Waals surface area contributed by atoms with Gasteiger partial charge in [0.1, 0.15) is 22.7 Å². The first-order valence-electron chi connectivity index (χ1n) is 8.80. The fourth-order valence-corrected chi connectivity index (χ4v) is 3.77. The van der Waals surface area contributed by atoms with E-state index in [9.17, 15) is 4.79 Å². The van der Waals surface area contributed by atoms with Crippen molar-refractivity contribution in [1.29, 1.82) is 0 Å². The van der Waals surface area contributed by atoms with Gasteiger partial charge in [-0.05, 0) is 25.5 Å². The minimum Gasteiger partial charge on any atom is -0.369 e. The van der Waals surface area contributed by atoms with Gasteiger partial charge in [-0.1, -0.05) is 35.5 Å². The number of aromatic nitrogens is 2. The molecule has 8 nitrogen and oxygen atoms in total. The molecule has 1 aromatic heterocycles. The van der Waals surface area contributed by atoms with Gasteiger partial charge in [0, 0.05) is 19.2 Å². The van der Waals surface area contributed by atoms with Crippen LogP contribution in [0.4, 0.5) is 17.3 Å². The van der Waals surface area contributed by atoms with Gasteiger partial charge in [0.15, 0.2) is 5.17 Å². The van der Waals surface area contributed by atoms with Crippen molar-refractivity contribution in [3.05, 3.63) is 40.7 Å². The summed E-state index contributed by atoms with van der Waals surface area (Å²) in [6.07, 6.45) is 0. The van der Waals surface area contributed by atoms with E-state index in [1.54, 1.807) is 12.1 Å². The average molecular weight is 420 g/mol. The number of carbonyl (C=O) groups is 1. The van der Waals surface area contributed by atoms with E-state index < -0.39 is 0 Å². The van der Waals surface area contributed by atoms with Crippen molar-refractivity contribution in [1.82, 2.24) is 9.97 Å². The van der Waals surface area contributed by atoms with Crippen LogP contribution >= 0.6 is 23.4 Å². The Morgan fingerprint density at radius 2 is 2.11 bits per heavy atom. The molecular weight excluding hydrogens is 398 g/mol. The molecule has 2 aromatic rings. The lowest BCUT2D eigenvalue weighted by molar-refractivity contribution is -0.115. The number of nitrogens with one attached hydrogen (secondary N) is 3. The van der Waals surface area contributed by atoms with Crippen LogP contribution in [-0.4, -0.2) is 45.9 Å². The maximum atomic E-state index is 12.6. The van der Waals surface area contributed by atoms with Gasteiger partial charge in [0.25, 0.3) is 0 Å². The van der Waals surface area contributed by atoms with Gasteiger partial charge >= 0.3 is 0 Å². The Bertz CT molecular complexity index is 885. The molecule has 0 radical (unpaired) electrons. The predicted molar refractivity (Wildman–Crippen MR) is 116 cm³/mol. The first-order chi connectivity index (χ1) is 13.5. The number of rotatable bonds is 6. The van der Waals surface area contributed by atoms with Crippen LogP contribution < -0.4 is 21.7 Å². The number of amidine groups is 1. The molecule has 1 amide bonds. The summed E-state index contributed by atoms with van der Waals surface area (Å²) in [6, 6.07) is 7.29. The SMILES string of the molecule is Cc1nc(NCCN)cc(NC2=NCC(C(=O)Nc3c(C)cccc3Cl)S2)n1. The summed E-state index contributed by atoms with van der Waals surface area (Å²) in [7, 11) is 0. The van der Waals surface area contributed by atoms with E-state index in [2.05, 4.69) is 30.9 Å². The number of amides is 1. The van der Waals surface area contributed by atoms with E-state index in [0.29, 0.717) is 53.0 Å². The fraction of sp³-hybridized carbons (Fsp3) is 0.333. The smallest absolute Gasteiger partial charge is 0.239 e. The van der Waals surface area contributed by atoms with Gasteiger partial charge in [0.05, 0.1) is 17.3 Å². The molecule has 5 N–H and O–H groups in total. The number of hydrogen-bond acceptors (Lipinski definition) is 8. The summed E-state index contributed by atoms with van der Waals surface area (Å²) in [5.74, 6) is 1.79. The molecule has 3 rings (SSSR count).